The van der Waals surface area contributed by atoms with Crippen LogP contribution < -0.4 is 4.90 Å². The van der Waals surface area contributed by atoms with E-state index in [-0.39, 0.29) is 11.6 Å². The summed E-state index contributed by atoms with van der Waals surface area (Å²) in [5.74, 6) is -0.141. The summed E-state index contributed by atoms with van der Waals surface area (Å²) in [6, 6.07) is 30.0. The fourth-order valence-corrected chi connectivity index (χ4v) is 3.88. The first kappa shape index (κ1) is 19.5. The van der Waals surface area contributed by atoms with Gasteiger partial charge in [0.25, 0.3) is 11.6 Å². The van der Waals surface area contributed by atoms with Gasteiger partial charge in [0.15, 0.2) is 0 Å². The molecule has 0 saturated carbocycles. The molecule has 0 aromatic heterocycles. The Morgan fingerprint density at radius 3 is 2.19 bits per heavy atom. The van der Waals surface area contributed by atoms with Gasteiger partial charge in [0.2, 0.25) is 0 Å². The van der Waals surface area contributed by atoms with Crippen LogP contribution in [0.4, 0.5) is 11.4 Å². The zero-order chi connectivity index (χ0) is 22.1. The average Bonchev–Trinajstić information content (AvgIpc) is 3.15. The standard InChI is InChI=1S/C27H18N2O3/c30-27-23(16-19-10-13-24(14-11-19)29(31)32)18-26(21-7-2-1-3-8-21)28(27)25-15-12-20-6-4-5-9-22(20)17-25/h1-18H. The minimum atomic E-state index is -0.438. The Labute approximate surface area is 184 Å². The number of amides is 1. The number of carbonyl (C=O) groups is 1. The molecule has 4 aromatic rings. The van der Waals surface area contributed by atoms with Crippen molar-refractivity contribution >= 4 is 39.8 Å². The molecule has 5 nitrogen and oxygen atoms in total. The highest BCUT2D eigenvalue weighted by Gasteiger charge is 2.30. The van der Waals surface area contributed by atoms with Gasteiger partial charge in [-0.2, -0.15) is 0 Å². The molecule has 5 heteroatoms. The molecular weight excluding hydrogens is 400 g/mol. The van der Waals surface area contributed by atoms with Crippen molar-refractivity contribution in [1.82, 2.24) is 0 Å². The number of non-ortho nitro benzene ring substituents is 1. The normalized spacial score (nSPS) is 14.8. The van der Waals surface area contributed by atoms with Gasteiger partial charge in [0, 0.05) is 23.4 Å². The van der Waals surface area contributed by atoms with Crippen LogP contribution in [0.1, 0.15) is 11.1 Å². The van der Waals surface area contributed by atoms with Crippen LogP contribution in [0, 0.1) is 10.1 Å². The number of hydrogen-bond donors (Lipinski definition) is 0. The van der Waals surface area contributed by atoms with Crippen molar-refractivity contribution in [3.63, 3.8) is 0 Å². The van der Waals surface area contributed by atoms with Gasteiger partial charge < -0.3 is 0 Å². The number of nitro benzene ring substituents is 1. The van der Waals surface area contributed by atoms with E-state index in [4.69, 9.17) is 0 Å². The molecule has 0 unspecified atom stereocenters. The molecule has 0 N–H and O–H groups in total. The maximum absolute atomic E-state index is 13.5. The molecule has 1 heterocycles. The molecule has 0 aliphatic carbocycles. The van der Waals surface area contributed by atoms with Crippen molar-refractivity contribution in [2.45, 2.75) is 0 Å². The van der Waals surface area contributed by atoms with E-state index in [0.717, 1.165) is 33.3 Å². The van der Waals surface area contributed by atoms with Gasteiger partial charge in [-0.3, -0.25) is 19.8 Å². The number of nitrogens with zero attached hydrogens (tertiary/aromatic N) is 2. The first-order valence-corrected chi connectivity index (χ1v) is 10.2. The van der Waals surface area contributed by atoms with Gasteiger partial charge in [0.05, 0.1) is 10.6 Å². The van der Waals surface area contributed by atoms with Crippen LogP contribution >= 0.6 is 0 Å². The minimum Gasteiger partial charge on any atom is -0.276 e. The van der Waals surface area contributed by atoms with E-state index in [1.807, 2.05) is 78.9 Å². The Morgan fingerprint density at radius 2 is 1.47 bits per heavy atom. The summed E-state index contributed by atoms with van der Waals surface area (Å²) in [5, 5.41) is 13.1. The highest BCUT2D eigenvalue weighted by molar-refractivity contribution is 6.23. The molecule has 1 amide bonds. The summed E-state index contributed by atoms with van der Waals surface area (Å²) in [5.41, 5.74) is 3.77. The van der Waals surface area contributed by atoms with Crippen LogP contribution in [0.15, 0.2) is 109 Å². The second-order valence-corrected chi connectivity index (χ2v) is 7.52. The van der Waals surface area contributed by atoms with Gasteiger partial charge in [-0.25, -0.2) is 0 Å². The van der Waals surface area contributed by atoms with E-state index in [0.29, 0.717) is 5.57 Å². The number of carbonyl (C=O) groups excluding carboxylic acids is 1. The van der Waals surface area contributed by atoms with Crippen molar-refractivity contribution in [2.24, 2.45) is 0 Å². The lowest BCUT2D eigenvalue weighted by atomic mass is 10.1. The predicted octanol–water partition coefficient (Wildman–Crippen LogP) is 6.22. The maximum Gasteiger partial charge on any atom is 0.269 e. The third kappa shape index (κ3) is 3.56. The number of benzene rings is 4. The molecule has 0 fully saturated rings. The third-order valence-electron chi connectivity index (χ3n) is 5.47. The van der Waals surface area contributed by atoms with E-state index in [1.54, 1.807) is 23.1 Å². The first-order valence-electron chi connectivity index (χ1n) is 10.2. The summed E-state index contributed by atoms with van der Waals surface area (Å²) in [6.07, 6.45) is 3.63. The van der Waals surface area contributed by atoms with Crippen LogP contribution in [-0.2, 0) is 4.79 Å². The zero-order valence-electron chi connectivity index (χ0n) is 17.0. The smallest absolute Gasteiger partial charge is 0.269 e. The second-order valence-electron chi connectivity index (χ2n) is 7.52. The molecule has 1 aliphatic rings. The Hall–Kier alpha value is -4.51. The van der Waals surface area contributed by atoms with E-state index < -0.39 is 4.92 Å². The third-order valence-corrected chi connectivity index (χ3v) is 5.47. The largest absolute Gasteiger partial charge is 0.276 e. The first-order chi connectivity index (χ1) is 15.6. The monoisotopic (exact) mass is 418 g/mol. The summed E-state index contributed by atoms with van der Waals surface area (Å²) in [7, 11) is 0. The van der Waals surface area contributed by atoms with Gasteiger partial charge in [-0.05, 0) is 58.3 Å². The van der Waals surface area contributed by atoms with E-state index >= 15 is 0 Å². The Morgan fingerprint density at radius 1 is 0.781 bits per heavy atom. The molecule has 0 saturated heterocycles. The number of anilines is 1. The summed E-state index contributed by atoms with van der Waals surface area (Å²) >= 11 is 0. The molecule has 0 bridgehead atoms. The molecule has 1 aliphatic heterocycles. The number of rotatable bonds is 4. The highest BCUT2D eigenvalue weighted by Crippen LogP contribution is 2.36. The van der Waals surface area contributed by atoms with Gasteiger partial charge >= 0.3 is 0 Å². The maximum atomic E-state index is 13.5. The lowest BCUT2D eigenvalue weighted by molar-refractivity contribution is -0.384. The van der Waals surface area contributed by atoms with E-state index in [9.17, 15) is 14.9 Å². The predicted molar refractivity (Wildman–Crippen MR) is 127 cm³/mol. The van der Waals surface area contributed by atoms with Crippen LogP contribution in [-0.4, -0.2) is 10.8 Å². The fraction of sp³-hybridized carbons (Fsp3) is 0. The number of fused-ring (bicyclic) bond motifs is 1. The molecule has 0 atom stereocenters. The number of hydrogen-bond acceptors (Lipinski definition) is 3. The van der Waals surface area contributed by atoms with E-state index in [1.165, 1.54) is 12.1 Å². The lowest BCUT2D eigenvalue weighted by Gasteiger charge is -2.21. The van der Waals surface area contributed by atoms with Gasteiger partial charge in [0.1, 0.15) is 0 Å². The summed E-state index contributed by atoms with van der Waals surface area (Å²) in [4.78, 5) is 25.7. The fourth-order valence-electron chi connectivity index (χ4n) is 3.88. The summed E-state index contributed by atoms with van der Waals surface area (Å²) < 4.78 is 0. The Kier molecular flexibility index (Phi) is 4.84. The van der Waals surface area contributed by atoms with Crippen molar-refractivity contribution in [3.8, 4) is 0 Å². The molecule has 0 spiro atoms. The van der Waals surface area contributed by atoms with Crippen molar-refractivity contribution in [3.05, 3.63) is 130 Å². The van der Waals surface area contributed by atoms with Crippen molar-refractivity contribution < 1.29 is 9.72 Å². The molecule has 154 valence electrons. The molecule has 4 aromatic carbocycles. The van der Waals surface area contributed by atoms with Crippen LogP contribution in [0.3, 0.4) is 0 Å². The number of nitro groups is 1. The molecular formula is C27H18N2O3. The second kappa shape index (κ2) is 7.96. The SMILES string of the molecule is O=C1C(=Cc2ccc([N+](=O)[O-])cc2)C=C(c2ccccc2)N1c1ccc2ccccc2c1. The van der Waals surface area contributed by atoms with E-state index in [2.05, 4.69) is 0 Å². The Bertz CT molecular complexity index is 1400. The zero-order valence-corrected chi connectivity index (χ0v) is 17.0. The van der Waals surface area contributed by atoms with Crippen LogP contribution in [0.5, 0.6) is 0 Å². The highest BCUT2D eigenvalue weighted by atomic mass is 16.6. The van der Waals surface area contributed by atoms with Crippen molar-refractivity contribution in [2.75, 3.05) is 4.90 Å². The Balaban J connectivity index is 1.60. The molecule has 0 radical (unpaired) electrons. The van der Waals surface area contributed by atoms with Gasteiger partial charge in [-0.15, -0.1) is 0 Å². The van der Waals surface area contributed by atoms with Gasteiger partial charge in [-0.1, -0.05) is 60.7 Å². The van der Waals surface area contributed by atoms with Crippen molar-refractivity contribution in [1.29, 1.82) is 0 Å². The topological polar surface area (TPSA) is 63.4 Å². The molecule has 5 rings (SSSR count). The summed E-state index contributed by atoms with van der Waals surface area (Å²) in [6.45, 7) is 0. The molecule has 32 heavy (non-hydrogen) atoms. The average molecular weight is 418 g/mol. The minimum absolute atomic E-state index is 0.0169. The quantitative estimate of drug-likeness (QED) is 0.225. The van der Waals surface area contributed by atoms with Crippen LogP contribution in [0.25, 0.3) is 22.5 Å². The van der Waals surface area contributed by atoms with Crippen LogP contribution in [0.2, 0.25) is 0 Å². The lowest BCUT2D eigenvalue weighted by Crippen LogP contribution is -2.24.